The summed E-state index contributed by atoms with van der Waals surface area (Å²) in [7, 11) is 0. The van der Waals surface area contributed by atoms with Crippen LogP contribution in [0.1, 0.15) is 0 Å². The van der Waals surface area contributed by atoms with Gasteiger partial charge in [-0.2, -0.15) is 0 Å². The number of hydrogen-bond acceptors (Lipinski definition) is 2. The largest absolute Gasteiger partial charge is 0.398 e. The number of pyridine rings is 1. The lowest BCUT2D eigenvalue weighted by molar-refractivity contribution is 1.33. The second-order valence-electron chi connectivity index (χ2n) is 5.54. The van der Waals surface area contributed by atoms with Gasteiger partial charge in [0.05, 0.1) is 5.69 Å². The molecule has 2 nitrogen and oxygen atoms in total. The molecule has 2 N–H and O–H groups in total. The SMILES string of the molecule is Nc1ccc(-c2ccc(-c3ccccn3)cc2)c2ccccc12. The topological polar surface area (TPSA) is 38.9 Å². The number of hydrogen-bond donors (Lipinski definition) is 1. The third-order valence-corrected chi connectivity index (χ3v) is 4.11. The predicted molar refractivity (Wildman–Crippen MR) is 97.0 cm³/mol. The highest BCUT2D eigenvalue weighted by Crippen LogP contribution is 2.32. The standard InChI is InChI=1S/C21H16N2/c22-20-13-12-17(18-5-1-2-6-19(18)20)15-8-10-16(11-9-15)21-7-3-4-14-23-21/h1-14H,22H2. The molecule has 0 saturated carbocycles. The van der Waals surface area contributed by atoms with Crippen molar-refractivity contribution in [3.05, 3.63) is 85.1 Å². The molecule has 1 aromatic heterocycles. The van der Waals surface area contributed by atoms with Crippen LogP contribution >= 0.6 is 0 Å². The van der Waals surface area contributed by atoms with Gasteiger partial charge >= 0.3 is 0 Å². The Bertz CT molecular complexity index is 958. The molecule has 23 heavy (non-hydrogen) atoms. The molecule has 2 heteroatoms. The molecular weight excluding hydrogens is 280 g/mol. The summed E-state index contributed by atoms with van der Waals surface area (Å²) in [5.74, 6) is 0. The molecule has 0 saturated heterocycles. The fraction of sp³-hybridized carbons (Fsp3) is 0. The van der Waals surface area contributed by atoms with E-state index in [1.807, 2.05) is 42.6 Å². The van der Waals surface area contributed by atoms with Crippen LogP contribution in [0, 0.1) is 0 Å². The monoisotopic (exact) mass is 296 g/mol. The maximum atomic E-state index is 6.10. The molecule has 1 heterocycles. The highest BCUT2D eigenvalue weighted by atomic mass is 14.7. The first-order valence-corrected chi connectivity index (χ1v) is 7.62. The van der Waals surface area contributed by atoms with Crippen LogP contribution in [-0.4, -0.2) is 4.98 Å². The van der Waals surface area contributed by atoms with Crippen molar-refractivity contribution in [3.63, 3.8) is 0 Å². The van der Waals surface area contributed by atoms with E-state index in [-0.39, 0.29) is 0 Å². The molecule has 4 aromatic rings. The van der Waals surface area contributed by atoms with Gasteiger partial charge < -0.3 is 5.73 Å². The fourth-order valence-corrected chi connectivity index (χ4v) is 2.93. The number of anilines is 1. The minimum absolute atomic E-state index is 0.814. The summed E-state index contributed by atoms with van der Waals surface area (Å²) in [6.45, 7) is 0. The van der Waals surface area contributed by atoms with Gasteiger partial charge in [0.2, 0.25) is 0 Å². The van der Waals surface area contributed by atoms with Crippen molar-refractivity contribution < 1.29 is 0 Å². The van der Waals surface area contributed by atoms with Gasteiger partial charge in [0, 0.05) is 22.8 Å². The minimum Gasteiger partial charge on any atom is -0.398 e. The third-order valence-electron chi connectivity index (χ3n) is 4.11. The number of aromatic nitrogens is 1. The molecular formula is C21H16N2. The van der Waals surface area contributed by atoms with Crippen molar-refractivity contribution in [1.29, 1.82) is 0 Å². The maximum absolute atomic E-state index is 6.10. The summed E-state index contributed by atoms with van der Waals surface area (Å²) in [5.41, 5.74) is 11.4. The molecule has 3 aromatic carbocycles. The fourth-order valence-electron chi connectivity index (χ4n) is 2.93. The van der Waals surface area contributed by atoms with Crippen LogP contribution in [0.2, 0.25) is 0 Å². The molecule has 0 aliphatic carbocycles. The van der Waals surface area contributed by atoms with E-state index >= 15 is 0 Å². The number of benzene rings is 3. The quantitative estimate of drug-likeness (QED) is 0.519. The van der Waals surface area contributed by atoms with E-state index in [9.17, 15) is 0 Å². The Morgan fingerprint density at radius 1 is 0.609 bits per heavy atom. The zero-order valence-electron chi connectivity index (χ0n) is 12.6. The molecule has 4 rings (SSSR count). The van der Waals surface area contributed by atoms with Crippen LogP contribution in [0.4, 0.5) is 5.69 Å². The number of nitrogen functional groups attached to an aromatic ring is 1. The van der Waals surface area contributed by atoms with E-state index in [1.54, 1.807) is 0 Å². The first kappa shape index (κ1) is 13.5. The molecule has 0 bridgehead atoms. The molecule has 0 fully saturated rings. The second kappa shape index (κ2) is 5.58. The average molecular weight is 296 g/mol. The smallest absolute Gasteiger partial charge is 0.0701 e. The molecule has 0 amide bonds. The summed E-state index contributed by atoms with van der Waals surface area (Å²) >= 11 is 0. The lowest BCUT2D eigenvalue weighted by atomic mass is 9.96. The molecule has 0 aliphatic heterocycles. The van der Waals surface area contributed by atoms with Crippen LogP contribution in [0.15, 0.2) is 85.1 Å². The van der Waals surface area contributed by atoms with Gasteiger partial charge in [-0.05, 0) is 34.7 Å². The summed E-state index contributed by atoms with van der Waals surface area (Å²) in [6, 6.07) is 26.8. The van der Waals surface area contributed by atoms with Crippen molar-refractivity contribution >= 4 is 16.5 Å². The lowest BCUT2D eigenvalue weighted by Crippen LogP contribution is -1.89. The van der Waals surface area contributed by atoms with Gasteiger partial charge in [0.15, 0.2) is 0 Å². The first-order chi connectivity index (χ1) is 11.3. The number of rotatable bonds is 2. The molecule has 0 atom stereocenters. The summed E-state index contributed by atoms with van der Waals surface area (Å²) in [5, 5.41) is 2.27. The lowest BCUT2D eigenvalue weighted by Gasteiger charge is -2.10. The van der Waals surface area contributed by atoms with Gasteiger partial charge in [0.1, 0.15) is 0 Å². The van der Waals surface area contributed by atoms with Crippen molar-refractivity contribution in [2.24, 2.45) is 0 Å². The molecule has 110 valence electrons. The van der Waals surface area contributed by atoms with E-state index in [4.69, 9.17) is 5.73 Å². The van der Waals surface area contributed by atoms with Crippen molar-refractivity contribution in [1.82, 2.24) is 4.98 Å². The van der Waals surface area contributed by atoms with Crippen LogP contribution < -0.4 is 5.73 Å². The van der Waals surface area contributed by atoms with Gasteiger partial charge in [-0.1, -0.05) is 60.7 Å². The maximum Gasteiger partial charge on any atom is 0.0701 e. The molecule has 0 unspecified atom stereocenters. The Morgan fingerprint density at radius 2 is 1.30 bits per heavy atom. The average Bonchev–Trinajstić information content (AvgIpc) is 2.63. The van der Waals surface area contributed by atoms with Gasteiger partial charge in [0.25, 0.3) is 0 Å². The number of fused-ring (bicyclic) bond motifs is 1. The molecule has 0 spiro atoms. The van der Waals surface area contributed by atoms with Crippen molar-refractivity contribution in [2.75, 3.05) is 5.73 Å². The van der Waals surface area contributed by atoms with Gasteiger partial charge in [-0.3, -0.25) is 4.98 Å². The van der Waals surface area contributed by atoms with Crippen LogP contribution in [0.3, 0.4) is 0 Å². The summed E-state index contributed by atoms with van der Waals surface area (Å²) in [6.07, 6.45) is 1.82. The summed E-state index contributed by atoms with van der Waals surface area (Å²) < 4.78 is 0. The van der Waals surface area contributed by atoms with Crippen LogP contribution in [0.25, 0.3) is 33.2 Å². The van der Waals surface area contributed by atoms with Crippen LogP contribution in [0.5, 0.6) is 0 Å². The van der Waals surface area contributed by atoms with E-state index in [1.165, 1.54) is 16.5 Å². The Hall–Kier alpha value is -3.13. The minimum atomic E-state index is 0.814. The molecule has 0 aliphatic rings. The summed E-state index contributed by atoms with van der Waals surface area (Å²) in [4.78, 5) is 4.40. The highest BCUT2D eigenvalue weighted by Gasteiger charge is 2.06. The molecule has 0 radical (unpaired) electrons. The zero-order valence-corrected chi connectivity index (χ0v) is 12.6. The van der Waals surface area contributed by atoms with Gasteiger partial charge in [-0.25, -0.2) is 0 Å². The Balaban J connectivity index is 1.82. The first-order valence-electron chi connectivity index (χ1n) is 7.62. The number of nitrogens with two attached hydrogens (primary N) is 1. The predicted octanol–water partition coefficient (Wildman–Crippen LogP) is 5.15. The normalized spacial score (nSPS) is 10.8. The third kappa shape index (κ3) is 2.44. The Morgan fingerprint density at radius 3 is 2.04 bits per heavy atom. The van der Waals surface area contributed by atoms with Crippen molar-refractivity contribution in [3.8, 4) is 22.4 Å². The van der Waals surface area contributed by atoms with E-state index in [2.05, 4.69) is 47.4 Å². The van der Waals surface area contributed by atoms with Crippen molar-refractivity contribution in [2.45, 2.75) is 0 Å². The van der Waals surface area contributed by atoms with E-state index < -0.39 is 0 Å². The second-order valence-corrected chi connectivity index (χ2v) is 5.54. The highest BCUT2D eigenvalue weighted by molar-refractivity contribution is 6.02. The van der Waals surface area contributed by atoms with Gasteiger partial charge in [-0.15, -0.1) is 0 Å². The number of nitrogens with zero attached hydrogens (tertiary/aromatic N) is 1. The van der Waals surface area contributed by atoms with E-state index in [0.717, 1.165) is 22.3 Å². The Labute approximate surface area is 135 Å². The zero-order chi connectivity index (χ0) is 15.6. The Kier molecular flexibility index (Phi) is 3.28. The van der Waals surface area contributed by atoms with Crippen LogP contribution in [-0.2, 0) is 0 Å². The van der Waals surface area contributed by atoms with E-state index in [0.29, 0.717) is 0 Å².